The molecule has 1 saturated heterocycles. The summed E-state index contributed by atoms with van der Waals surface area (Å²) < 4.78 is 5.77. The summed E-state index contributed by atoms with van der Waals surface area (Å²) in [6.45, 7) is 4.34. The second-order valence-corrected chi connectivity index (χ2v) is 6.98. The van der Waals surface area contributed by atoms with Crippen LogP contribution < -0.4 is 10.2 Å². The molecule has 2 aromatic heterocycles. The van der Waals surface area contributed by atoms with Gasteiger partial charge in [0.15, 0.2) is 0 Å². The van der Waals surface area contributed by atoms with Crippen molar-refractivity contribution >= 4 is 23.5 Å². The van der Waals surface area contributed by atoms with Gasteiger partial charge in [-0.2, -0.15) is 0 Å². The van der Waals surface area contributed by atoms with Crippen LogP contribution in [0.5, 0.6) is 0 Å². The molecule has 1 aliphatic heterocycles. The highest BCUT2D eigenvalue weighted by Gasteiger charge is 2.36. The summed E-state index contributed by atoms with van der Waals surface area (Å²) in [7, 11) is 0. The lowest BCUT2D eigenvalue weighted by Crippen LogP contribution is -2.18. The average molecular weight is 337 g/mol. The van der Waals surface area contributed by atoms with Gasteiger partial charge in [-0.25, -0.2) is 4.98 Å². The van der Waals surface area contributed by atoms with Crippen molar-refractivity contribution in [1.29, 1.82) is 0 Å². The van der Waals surface area contributed by atoms with Crippen molar-refractivity contribution in [2.45, 2.75) is 32.1 Å². The number of amides is 1. The summed E-state index contributed by atoms with van der Waals surface area (Å²) in [5, 5.41) is 2.83. The normalized spacial score (nSPS) is 22.5. The van der Waals surface area contributed by atoms with E-state index in [2.05, 4.69) is 22.1 Å². The zero-order valence-corrected chi connectivity index (χ0v) is 14.4. The van der Waals surface area contributed by atoms with Crippen LogP contribution in [0.4, 0.5) is 11.5 Å². The number of hydrogen-bond donors (Lipinski definition) is 1. The Morgan fingerprint density at radius 1 is 1.28 bits per heavy atom. The van der Waals surface area contributed by atoms with Crippen LogP contribution in [0.3, 0.4) is 0 Å². The number of nitrogens with one attached hydrogen (secondary N) is 1. The molecule has 2 aliphatic rings. The molecule has 0 radical (unpaired) electrons. The summed E-state index contributed by atoms with van der Waals surface area (Å²) in [6.07, 6.45) is 8.54. The van der Waals surface area contributed by atoms with Crippen molar-refractivity contribution in [3.8, 4) is 0 Å². The SMILES string of the molecule is C[C@@H]1C[C@H]1c1ccc(/C=C/C(=O)Nc2ccc(N3CCCC3)nc2)o1. The van der Waals surface area contributed by atoms with Crippen LogP contribution in [0, 0.1) is 5.92 Å². The van der Waals surface area contributed by atoms with Gasteiger partial charge in [-0.3, -0.25) is 4.79 Å². The van der Waals surface area contributed by atoms with Gasteiger partial charge in [0.05, 0.1) is 11.9 Å². The molecule has 2 aromatic rings. The van der Waals surface area contributed by atoms with Gasteiger partial charge in [0.2, 0.25) is 5.91 Å². The molecule has 1 saturated carbocycles. The molecule has 130 valence electrons. The molecule has 2 atom stereocenters. The predicted octanol–water partition coefficient (Wildman–Crippen LogP) is 4.05. The van der Waals surface area contributed by atoms with Gasteiger partial charge in [-0.1, -0.05) is 6.92 Å². The van der Waals surface area contributed by atoms with E-state index in [1.54, 1.807) is 12.3 Å². The second-order valence-electron chi connectivity index (χ2n) is 6.98. The van der Waals surface area contributed by atoms with E-state index < -0.39 is 0 Å². The Morgan fingerprint density at radius 2 is 2.08 bits per heavy atom. The summed E-state index contributed by atoms with van der Waals surface area (Å²) in [6, 6.07) is 7.77. The first kappa shape index (κ1) is 15.9. The van der Waals surface area contributed by atoms with E-state index in [4.69, 9.17) is 4.42 Å². The van der Waals surface area contributed by atoms with Crippen LogP contribution in [0.1, 0.15) is 43.6 Å². The van der Waals surface area contributed by atoms with Gasteiger partial charge in [0, 0.05) is 25.1 Å². The minimum absolute atomic E-state index is 0.187. The smallest absolute Gasteiger partial charge is 0.248 e. The van der Waals surface area contributed by atoms with Crippen molar-refractivity contribution in [1.82, 2.24) is 4.98 Å². The number of hydrogen-bond acceptors (Lipinski definition) is 4. The van der Waals surface area contributed by atoms with E-state index in [-0.39, 0.29) is 5.91 Å². The van der Waals surface area contributed by atoms with Crippen LogP contribution >= 0.6 is 0 Å². The molecule has 0 spiro atoms. The molecular formula is C20H23N3O2. The molecule has 5 nitrogen and oxygen atoms in total. The molecule has 3 heterocycles. The maximum absolute atomic E-state index is 12.1. The van der Waals surface area contributed by atoms with Crippen LogP contribution in [-0.4, -0.2) is 24.0 Å². The zero-order chi connectivity index (χ0) is 17.2. The van der Waals surface area contributed by atoms with Crippen molar-refractivity contribution in [2.75, 3.05) is 23.3 Å². The van der Waals surface area contributed by atoms with Gasteiger partial charge >= 0.3 is 0 Å². The number of anilines is 2. The van der Waals surface area contributed by atoms with Crippen molar-refractivity contribution in [3.05, 3.63) is 48.1 Å². The maximum Gasteiger partial charge on any atom is 0.248 e. The molecule has 0 bridgehead atoms. The lowest BCUT2D eigenvalue weighted by molar-refractivity contribution is -0.111. The number of rotatable bonds is 5. The highest BCUT2D eigenvalue weighted by atomic mass is 16.3. The fourth-order valence-electron chi connectivity index (χ4n) is 3.31. The summed E-state index contributed by atoms with van der Waals surface area (Å²) in [5.41, 5.74) is 0.699. The summed E-state index contributed by atoms with van der Waals surface area (Å²) in [4.78, 5) is 18.8. The first-order valence-corrected chi connectivity index (χ1v) is 8.99. The molecule has 0 unspecified atom stereocenters. The lowest BCUT2D eigenvalue weighted by atomic mass is 10.3. The number of nitrogens with zero attached hydrogens (tertiary/aromatic N) is 2. The first-order valence-electron chi connectivity index (χ1n) is 8.99. The summed E-state index contributed by atoms with van der Waals surface area (Å²) >= 11 is 0. The number of furan rings is 1. The lowest BCUT2D eigenvalue weighted by Gasteiger charge is -2.16. The Balaban J connectivity index is 1.32. The monoisotopic (exact) mass is 337 g/mol. The van der Waals surface area contributed by atoms with E-state index in [1.165, 1.54) is 25.3 Å². The Bertz CT molecular complexity index is 772. The third kappa shape index (κ3) is 3.76. The topological polar surface area (TPSA) is 58.4 Å². The highest BCUT2D eigenvalue weighted by molar-refractivity contribution is 6.01. The fraction of sp³-hybridized carbons (Fsp3) is 0.400. The van der Waals surface area contributed by atoms with Gasteiger partial charge in [-0.15, -0.1) is 0 Å². The molecule has 1 N–H and O–H groups in total. The van der Waals surface area contributed by atoms with Crippen molar-refractivity contribution in [2.24, 2.45) is 5.92 Å². The summed E-state index contributed by atoms with van der Waals surface area (Å²) in [5.74, 6) is 3.79. The number of carbonyl (C=O) groups excluding carboxylic acids is 1. The number of carbonyl (C=O) groups is 1. The van der Waals surface area contributed by atoms with Gasteiger partial charge in [0.1, 0.15) is 17.3 Å². The highest BCUT2D eigenvalue weighted by Crippen LogP contribution is 2.47. The minimum atomic E-state index is -0.187. The molecule has 5 heteroatoms. The zero-order valence-electron chi connectivity index (χ0n) is 14.4. The Morgan fingerprint density at radius 3 is 2.76 bits per heavy atom. The van der Waals surface area contributed by atoms with E-state index in [9.17, 15) is 4.79 Å². The van der Waals surface area contributed by atoms with Crippen LogP contribution in [-0.2, 0) is 4.79 Å². The quantitative estimate of drug-likeness (QED) is 0.836. The van der Waals surface area contributed by atoms with Gasteiger partial charge in [0.25, 0.3) is 0 Å². The third-order valence-electron chi connectivity index (χ3n) is 4.97. The maximum atomic E-state index is 12.1. The van der Waals surface area contributed by atoms with E-state index in [0.717, 1.165) is 24.7 Å². The van der Waals surface area contributed by atoms with Crippen molar-refractivity contribution < 1.29 is 9.21 Å². The molecule has 2 fully saturated rings. The molecule has 0 aromatic carbocycles. The van der Waals surface area contributed by atoms with Crippen molar-refractivity contribution in [3.63, 3.8) is 0 Å². The van der Waals surface area contributed by atoms with Gasteiger partial charge < -0.3 is 14.6 Å². The molecule has 1 aliphatic carbocycles. The Hall–Kier alpha value is -2.56. The minimum Gasteiger partial charge on any atom is -0.461 e. The standard InChI is InChI=1S/C20H23N3O2/c1-14-12-17(14)18-7-5-16(25-18)6-9-20(24)22-15-4-8-19(21-13-15)23-10-2-3-11-23/h4-9,13-14,17H,2-3,10-12H2,1H3,(H,22,24)/b9-6+/t14-,17-/m1/s1. The van der Waals surface area contributed by atoms with E-state index in [1.807, 2.05) is 24.3 Å². The van der Waals surface area contributed by atoms with Crippen LogP contribution in [0.25, 0.3) is 6.08 Å². The number of pyridine rings is 1. The molecular weight excluding hydrogens is 314 g/mol. The Labute approximate surface area is 147 Å². The fourth-order valence-corrected chi connectivity index (χ4v) is 3.31. The molecule has 4 rings (SSSR count). The van der Waals surface area contributed by atoms with Gasteiger partial charge in [-0.05, 0) is 55.5 Å². The largest absolute Gasteiger partial charge is 0.461 e. The Kier molecular flexibility index (Phi) is 4.30. The first-order chi connectivity index (χ1) is 12.2. The van der Waals surface area contributed by atoms with Crippen LogP contribution in [0.15, 0.2) is 41.0 Å². The average Bonchev–Trinajstić information content (AvgIpc) is 3.06. The van der Waals surface area contributed by atoms with E-state index in [0.29, 0.717) is 23.3 Å². The third-order valence-corrected chi connectivity index (χ3v) is 4.97. The molecule has 1 amide bonds. The second kappa shape index (κ2) is 6.75. The van der Waals surface area contributed by atoms with E-state index >= 15 is 0 Å². The van der Waals surface area contributed by atoms with Crippen LogP contribution in [0.2, 0.25) is 0 Å². The predicted molar refractivity (Wildman–Crippen MR) is 98.6 cm³/mol. The number of aromatic nitrogens is 1. The molecule has 25 heavy (non-hydrogen) atoms.